The fraction of sp³-hybridized carbons (Fsp3) is 0.583. The molecule has 0 bridgehead atoms. The second-order valence-electron chi connectivity index (χ2n) is 5.28. The highest BCUT2D eigenvalue weighted by Crippen LogP contribution is 2.32. The monoisotopic (exact) mass is 319 g/mol. The van der Waals surface area contributed by atoms with Crippen LogP contribution in [0.2, 0.25) is 0 Å². The zero-order chi connectivity index (χ0) is 15.1. The lowest BCUT2D eigenvalue weighted by molar-refractivity contribution is -0.00771. The molecule has 20 heavy (non-hydrogen) atoms. The number of sulfonamides is 1. The summed E-state index contributed by atoms with van der Waals surface area (Å²) in [6.07, 6.45) is 0. The van der Waals surface area contributed by atoms with Crippen molar-refractivity contribution < 1.29 is 23.1 Å². The zero-order valence-corrected chi connectivity index (χ0v) is 13.2. The Morgan fingerprint density at radius 2 is 2.15 bits per heavy atom. The Hall–Kier alpha value is -0.960. The van der Waals surface area contributed by atoms with Gasteiger partial charge in [0.2, 0.25) is 10.0 Å². The topological polar surface area (TPSA) is 83.9 Å². The summed E-state index contributed by atoms with van der Waals surface area (Å²) in [6.45, 7) is 6.15. The molecule has 0 aliphatic carbocycles. The number of carbonyl (C=O) groups is 1. The first-order valence-corrected chi connectivity index (χ1v) is 8.36. The van der Waals surface area contributed by atoms with Crippen LogP contribution in [0.1, 0.15) is 28.4 Å². The van der Waals surface area contributed by atoms with Gasteiger partial charge in [0.05, 0.1) is 23.6 Å². The molecule has 0 unspecified atom stereocenters. The van der Waals surface area contributed by atoms with E-state index in [0.717, 1.165) is 11.3 Å². The normalized spacial score (nSPS) is 19.9. The van der Waals surface area contributed by atoms with Gasteiger partial charge in [-0.3, -0.25) is 0 Å². The summed E-state index contributed by atoms with van der Waals surface area (Å²) in [7, 11) is -3.71. The Balaban J connectivity index is 2.47. The predicted molar refractivity (Wildman–Crippen MR) is 74.8 cm³/mol. The van der Waals surface area contributed by atoms with Crippen molar-refractivity contribution in [3.63, 3.8) is 0 Å². The molecule has 1 saturated heterocycles. The number of aryl methyl sites for hydroxylation is 1. The number of nitrogens with zero attached hydrogens (tertiary/aromatic N) is 1. The third-order valence-electron chi connectivity index (χ3n) is 3.22. The fourth-order valence-electron chi connectivity index (χ4n) is 2.24. The van der Waals surface area contributed by atoms with Gasteiger partial charge in [0.15, 0.2) is 0 Å². The number of rotatable bonds is 3. The summed E-state index contributed by atoms with van der Waals surface area (Å²) >= 11 is 0.977. The Morgan fingerprint density at radius 1 is 1.50 bits per heavy atom. The minimum Gasteiger partial charge on any atom is -0.477 e. The number of carboxylic acid groups (broad SMARTS) is 1. The molecule has 6 nitrogen and oxygen atoms in total. The molecular formula is C12H17NO5S2. The zero-order valence-electron chi connectivity index (χ0n) is 11.5. The van der Waals surface area contributed by atoms with E-state index in [4.69, 9.17) is 9.84 Å². The van der Waals surface area contributed by atoms with Crippen LogP contribution in [0.3, 0.4) is 0 Å². The molecule has 2 rings (SSSR count). The maximum Gasteiger partial charge on any atom is 0.345 e. The summed E-state index contributed by atoms with van der Waals surface area (Å²) in [6, 6.07) is 1.24. The molecule has 1 N–H and O–H groups in total. The average Bonchev–Trinajstić information content (AvgIpc) is 2.71. The Labute approximate surface area is 122 Å². The molecule has 1 aliphatic rings. The molecule has 1 aliphatic heterocycles. The van der Waals surface area contributed by atoms with Crippen LogP contribution in [-0.4, -0.2) is 49.1 Å². The first-order valence-electron chi connectivity index (χ1n) is 6.10. The van der Waals surface area contributed by atoms with Crippen LogP contribution in [0.15, 0.2) is 11.0 Å². The number of hydrogen-bond donors (Lipinski definition) is 1. The van der Waals surface area contributed by atoms with Gasteiger partial charge in [0.1, 0.15) is 4.88 Å². The van der Waals surface area contributed by atoms with Gasteiger partial charge in [-0.05, 0) is 26.8 Å². The van der Waals surface area contributed by atoms with Gasteiger partial charge in [-0.25, -0.2) is 13.2 Å². The molecule has 1 aromatic heterocycles. The number of morpholine rings is 1. The number of hydrogen-bond acceptors (Lipinski definition) is 5. The number of thiophene rings is 1. The van der Waals surface area contributed by atoms with Crippen molar-refractivity contribution >= 4 is 27.3 Å². The van der Waals surface area contributed by atoms with E-state index in [1.165, 1.54) is 10.4 Å². The molecule has 1 fully saturated rings. The second-order valence-corrected chi connectivity index (χ2v) is 8.37. The standard InChI is InChI=1S/C12H17NO5S2/c1-8-10(6-9(19-8)11(14)15)20(16,17)13-4-5-18-7-12(13,2)3/h6H,4-5,7H2,1-3H3,(H,14,15). The molecule has 112 valence electrons. The summed E-state index contributed by atoms with van der Waals surface area (Å²) < 4.78 is 32.2. The van der Waals surface area contributed by atoms with E-state index in [9.17, 15) is 13.2 Å². The summed E-state index contributed by atoms with van der Waals surface area (Å²) in [5.74, 6) is -1.11. The number of aromatic carboxylic acids is 1. The lowest BCUT2D eigenvalue weighted by Crippen LogP contribution is -2.55. The highest BCUT2D eigenvalue weighted by molar-refractivity contribution is 7.89. The van der Waals surface area contributed by atoms with Gasteiger partial charge in [-0.15, -0.1) is 11.3 Å². The van der Waals surface area contributed by atoms with E-state index in [2.05, 4.69) is 0 Å². The van der Waals surface area contributed by atoms with Crippen LogP contribution in [0, 0.1) is 6.92 Å². The summed E-state index contributed by atoms with van der Waals surface area (Å²) in [5.41, 5.74) is -0.644. The lowest BCUT2D eigenvalue weighted by Gasteiger charge is -2.40. The van der Waals surface area contributed by atoms with E-state index in [-0.39, 0.29) is 16.3 Å². The maximum atomic E-state index is 12.7. The molecule has 8 heteroatoms. The van der Waals surface area contributed by atoms with Crippen LogP contribution in [-0.2, 0) is 14.8 Å². The molecule has 2 heterocycles. The SMILES string of the molecule is Cc1sc(C(=O)O)cc1S(=O)(=O)N1CCOCC1(C)C. The molecule has 0 aromatic carbocycles. The quantitative estimate of drug-likeness (QED) is 0.914. The average molecular weight is 319 g/mol. The Kier molecular flexibility index (Phi) is 3.94. The molecule has 0 spiro atoms. The van der Waals surface area contributed by atoms with E-state index in [1.807, 2.05) is 0 Å². The summed E-state index contributed by atoms with van der Waals surface area (Å²) in [4.78, 5) is 11.6. The van der Waals surface area contributed by atoms with Crippen molar-refractivity contribution in [1.29, 1.82) is 0 Å². The minimum absolute atomic E-state index is 0.0344. The number of carboxylic acids is 1. The van der Waals surface area contributed by atoms with E-state index in [0.29, 0.717) is 18.1 Å². The molecule has 0 saturated carbocycles. The molecule has 0 atom stereocenters. The van der Waals surface area contributed by atoms with E-state index >= 15 is 0 Å². The van der Waals surface area contributed by atoms with Gasteiger partial charge in [-0.2, -0.15) is 4.31 Å². The Morgan fingerprint density at radius 3 is 2.65 bits per heavy atom. The van der Waals surface area contributed by atoms with Gasteiger partial charge in [-0.1, -0.05) is 0 Å². The molecule has 0 radical (unpaired) electrons. The largest absolute Gasteiger partial charge is 0.477 e. The van der Waals surface area contributed by atoms with Crippen molar-refractivity contribution in [2.75, 3.05) is 19.8 Å². The van der Waals surface area contributed by atoms with Crippen molar-refractivity contribution in [3.05, 3.63) is 15.8 Å². The first kappa shape index (κ1) is 15.4. The highest BCUT2D eigenvalue weighted by atomic mass is 32.2. The van der Waals surface area contributed by atoms with Crippen molar-refractivity contribution in [1.82, 2.24) is 4.31 Å². The van der Waals surface area contributed by atoms with Crippen molar-refractivity contribution in [2.45, 2.75) is 31.2 Å². The van der Waals surface area contributed by atoms with E-state index in [1.54, 1.807) is 20.8 Å². The van der Waals surface area contributed by atoms with Gasteiger partial charge < -0.3 is 9.84 Å². The third-order valence-corrected chi connectivity index (χ3v) is 6.62. The maximum absolute atomic E-state index is 12.7. The predicted octanol–water partition coefficient (Wildman–Crippen LogP) is 1.55. The van der Waals surface area contributed by atoms with Crippen LogP contribution < -0.4 is 0 Å². The highest BCUT2D eigenvalue weighted by Gasteiger charge is 2.41. The third kappa shape index (κ3) is 2.60. The van der Waals surface area contributed by atoms with Crippen LogP contribution in [0.4, 0.5) is 0 Å². The van der Waals surface area contributed by atoms with E-state index < -0.39 is 21.5 Å². The second kappa shape index (κ2) is 5.10. The van der Waals surface area contributed by atoms with Crippen LogP contribution >= 0.6 is 11.3 Å². The van der Waals surface area contributed by atoms with Crippen molar-refractivity contribution in [2.24, 2.45) is 0 Å². The first-order chi connectivity index (χ1) is 9.16. The summed E-state index contributed by atoms with van der Waals surface area (Å²) in [5, 5.41) is 8.98. The van der Waals surface area contributed by atoms with Crippen LogP contribution in [0.25, 0.3) is 0 Å². The van der Waals surface area contributed by atoms with Gasteiger partial charge in [0, 0.05) is 11.4 Å². The molecular weight excluding hydrogens is 302 g/mol. The van der Waals surface area contributed by atoms with Gasteiger partial charge in [0.25, 0.3) is 0 Å². The number of ether oxygens (including phenoxy) is 1. The molecule has 0 amide bonds. The van der Waals surface area contributed by atoms with Gasteiger partial charge >= 0.3 is 5.97 Å². The smallest absolute Gasteiger partial charge is 0.345 e. The van der Waals surface area contributed by atoms with Crippen LogP contribution in [0.5, 0.6) is 0 Å². The fourth-order valence-corrected chi connectivity index (χ4v) is 5.39. The minimum atomic E-state index is -3.71. The Bertz CT molecular complexity index is 632. The van der Waals surface area contributed by atoms with Crippen molar-refractivity contribution in [3.8, 4) is 0 Å². The lowest BCUT2D eigenvalue weighted by atomic mass is 10.1. The molecule has 1 aromatic rings.